The molecule has 5 N–H and O–H groups in total. The first kappa shape index (κ1) is 15.8. The van der Waals surface area contributed by atoms with Crippen LogP contribution in [-0.2, 0) is 13.9 Å². The van der Waals surface area contributed by atoms with Crippen LogP contribution in [0, 0.1) is 0 Å². The van der Waals surface area contributed by atoms with Gasteiger partial charge in [-0.3, -0.25) is 13.9 Å². The Morgan fingerprint density at radius 1 is 1.19 bits per heavy atom. The first-order valence-corrected chi connectivity index (χ1v) is 7.76. The summed E-state index contributed by atoms with van der Waals surface area (Å²) in [5.74, 6) is -0.316. The van der Waals surface area contributed by atoms with Crippen molar-refractivity contribution < 1.29 is 33.5 Å². The molecule has 10 heteroatoms. The Hall–Kier alpha value is -0.230. The van der Waals surface area contributed by atoms with Crippen molar-refractivity contribution in [2.24, 2.45) is 0 Å². The third kappa shape index (κ3) is 6.37. The van der Waals surface area contributed by atoms with Gasteiger partial charge in [0, 0.05) is 13.5 Å². The highest BCUT2D eigenvalue weighted by Crippen LogP contribution is 2.61. The van der Waals surface area contributed by atoms with E-state index in [0.717, 1.165) is 0 Å². The van der Waals surface area contributed by atoms with E-state index < -0.39 is 20.6 Å². The molecular formula is C6H15NO7P2. The summed E-state index contributed by atoms with van der Waals surface area (Å²) in [4.78, 5) is 45.5. The zero-order valence-corrected chi connectivity index (χ0v) is 10.4. The molecule has 0 fully saturated rings. The molecule has 96 valence electrons. The molecular weight excluding hydrogens is 260 g/mol. The molecule has 0 saturated carbocycles. The van der Waals surface area contributed by atoms with E-state index >= 15 is 0 Å². The van der Waals surface area contributed by atoms with Gasteiger partial charge in [-0.1, -0.05) is 0 Å². The molecule has 0 spiro atoms. The van der Waals surface area contributed by atoms with Gasteiger partial charge in [-0.05, 0) is 12.8 Å². The van der Waals surface area contributed by atoms with Gasteiger partial charge in [0.1, 0.15) is 0 Å². The first-order chi connectivity index (χ1) is 7.05. The fourth-order valence-corrected chi connectivity index (χ4v) is 3.69. The molecule has 0 heterocycles. The van der Waals surface area contributed by atoms with Crippen LogP contribution < -0.4 is 5.32 Å². The Labute approximate surface area is 92.4 Å². The Morgan fingerprint density at radius 3 is 1.94 bits per heavy atom. The number of nitrogens with one attached hydrogen (secondary N) is 1. The minimum atomic E-state index is -4.84. The van der Waals surface area contributed by atoms with Gasteiger partial charge in [0.2, 0.25) is 5.91 Å². The highest BCUT2D eigenvalue weighted by atomic mass is 31.2. The maximum Gasteiger partial charge on any atom is 0.340 e. The molecule has 0 saturated heterocycles. The van der Waals surface area contributed by atoms with E-state index in [-0.39, 0.29) is 25.3 Å². The minimum Gasteiger partial charge on any atom is -0.356 e. The Morgan fingerprint density at radius 2 is 1.62 bits per heavy atom. The third-order valence-electron chi connectivity index (χ3n) is 1.79. The maximum atomic E-state index is 10.8. The smallest absolute Gasteiger partial charge is 0.340 e. The van der Waals surface area contributed by atoms with Gasteiger partial charge in [-0.15, -0.1) is 0 Å². The lowest BCUT2D eigenvalue weighted by molar-refractivity contribution is -0.118. The van der Waals surface area contributed by atoms with Crippen molar-refractivity contribution in [1.82, 2.24) is 5.32 Å². The fraction of sp³-hybridized carbons (Fsp3) is 0.833. The van der Waals surface area contributed by atoms with Gasteiger partial charge < -0.3 is 24.9 Å². The predicted molar refractivity (Wildman–Crippen MR) is 55.8 cm³/mol. The molecule has 0 atom stereocenters. The maximum absolute atomic E-state index is 10.8. The number of amides is 1. The first-order valence-electron chi connectivity index (χ1n) is 4.40. The lowest BCUT2D eigenvalue weighted by Gasteiger charge is -2.19. The molecule has 0 aliphatic heterocycles. The summed E-state index contributed by atoms with van der Waals surface area (Å²) < 4.78 is 21.6. The normalized spacial score (nSPS) is 12.9. The standard InChI is InChI=1S/C6H15NO7P2/c1-5(8)7-4-2-3-6(15(9,10)11)16(12,13)14/h6H,2-4H2,1H3,(H,7,8)(H2,9,10,11)(H2,12,13,14). The largest absolute Gasteiger partial charge is 0.356 e. The van der Waals surface area contributed by atoms with Gasteiger partial charge in [-0.2, -0.15) is 0 Å². The highest BCUT2D eigenvalue weighted by Gasteiger charge is 2.42. The second kappa shape index (κ2) is 5.91. The van der Waals surface area contributed by atoms with Crippen LogP contribution in [0.15, 0.2) is 0 Å². The Kier molecular flexibility index (Phi) is 5.82. The molecule has 0 rings (SSSR count). The molecule has 1 amide bonds. The van der Waals surface area contributed by atoms with E-state index in [0.29, 0.717) is 0 Å². The van der Waals surface area contributed by atoms with Crippen LogP contribution in [-0.4, -0.2) is 37.4 Å². The highest BCUT2D eigenvalue weighted by molar-refractivity contribution is 7.70. The van der Waals surface area contributed by atoms with Gasteiger partial charge >= 0.3 is 15.2 Å². The van der Waals surface area contributed by atoms with Crippen molar-refractivity contribution in [3.05, 3.63) is 0 Å². The lowest BCUT2D eigenvalue weighted by Crippen LogP contribution is -2.22. The summed E-state index contributed by atoms with van der Waals surface area (Å²) in [7, 11) is -9.67. The van der Waals surface area contributed by atoms with E-state index in [1.165, 1.54) is 6.92 Å². The van der Waals surface area contributed by atoms with Crippen molar-refractivity contribution in [1.29, 1.82) is 0 Å². The van der Waals surface area contributed by atoms with Gasteiger partial charge in [-0.25, -0.2) is 0 Å². The van der Waals surface area contributed by atoms with Crippen molar-refractivity contribution in [2.75, 3.05) is 6.54 Å². The molecule has 16 heavy (non-hydrogen) atoms. The number of hydrogen-bond acceptors (Lipinski definition) is 3. The van der Waals surface area contributed by atoms with Crippen LogP contribution >= 0.6 is 15.2 Å². The summed E-state index contributed by atoms with van der Waals surface area (Å²) in [6, 6.07) is 0. The van der Waals surface area contributed by atoms with Gasteiger partial charge in [0.15, 0.2) is 5.40 Å². The van der Waals surface area contributed by atoms with E-state index in [9.17, 15) is 13.9 Å². The molecule has 0 aromatic heterocycles. The molecule has 0 aromatic carbocycles. The Bertz CT molecular complexity index is 310. The number of rotatable bonds is 6. The number of carbonyl (C=O) groups is 1. The molecule has 8 nitrogen and oxygen atoms in total. The quantitative estimate of drug-likeness (QED) is 0.327. The zero-order chi connectivity index (χ0) is 13.0. The number of carbonyl (C=O) groups excluding carboxylic acids is 1. The molecule has 0 aliphatic carbocycles. The topological polar surface area (TPSA) is 144 Å². The van der Waals surface area contributed by atoms with Crippen molar-refractivity contribution in [3.63, 3.8) is 0 Å². The zero-order valence-electron chi connectivity index (χ0n) is 8.61. The summed E-state index contributed by atoms with van der Waals surface area (Å²) >= 11 is 0. The van der Waals surface area contributed by atoms with Gasteiger partial charge in [0.05, 0.1) is 0 Å². The average Bonchev–Trinajstić information content (AvgIpc) is 1.97. The summed E-state index contributed by atoms with van der Waals surface area (Å²) in [6.45, 7) is 1.38. The van der Waals surface area contributed by atoms with Crippen LogP contribution in [0.1, 0.15) is 19.8 Å². The van der Waals surface area contributed by atoms with Crippen molar-refractivity contribution in [3.8, 4) is 0 Å². The van der Waals surface area contributed by atoms with E-state index in [4.69, 9.17) is 19.6 Å². The molecule has 0 unspecified atom stereocenters. The van der Waals surface area contributed by atoms with E-state index in [2.05, 4.69) is 5.32 Å². The molecule has 0 aromatic rings. The lowest BCUT2D eigenvalue weighted by atomic mass is 10.3. The average molecular weight is 275 g/mol. The van der Waals surface area contributed by atoms with Crippen LogP contribution in [0.25, 0.3) is 0 Å². The van der Waals surface area contributed by atoms with E-state index in [1.54, 1.807) is 0 Å². The van der Waals surface area contributed by atoms with E-state index in [1.807, 2.05) is 0 Å². The molecule has 0 radical (unpaired) electrons. The SMILES string of the molecule is CC(=O)NCCCC(P(=O)(O)O)P(=O)(O)O. The Balaban J connectivity index is 4.32. The van der Waals surface area contributed by atoms with Crippen molar-refractivity contribution in [2.45, 2.75) is 25.2 Å². The minimum absolute atomic E-state index is 0.0838. The summed E-state index contributed by atoms with van der Waals surface area (Å²) in [5.41, 5.74) is 0. The van der Waals surface area contributed by atoms with Crippen LogP contribution in [0.5, 0.6) is 0 Å². The molecule has 0 aliphatic rings. The second-order valence-electron chi connectivity index (χ2n) is 3.28. The van der Waals surface area contributed by atoms with Crippen LogP contribution in [0.3, 0.4) is 0 Å². The fourth-order valence-electron chi connectivity index (χ4n) is 1.08. The van der Waals surface area contributed by atoms with Crippen LogP contribution in [0.2, 0.25) is 0 Å². The summed E-state index contributed by atoms with van der Waals surface area (Å²) in [5, 5.41) is 0.367. The molecule has 0 bridgehead atoms. The predicted octanol–water partition coefficient (Wildman–Crippen LogP) is -0.416. The van der Waals surface area contributed by atoms with Crippen molar-refractivity contribution >= 4 is 21.1 Å². The number of hydrogen-bond donors (Lipinski definition) is 5. The van der Waals surface area contributed by atoms with Crippen LogP contribution in [0.4, 0.5) is 0 Å². The third-order valence-corrected chi connectivity index (χ3v) is 5.66. The van der Waals surface area contributed by atoms with Gasteiger partial charge in [0.25, 0.3) is 0 Å². The second-order valence-corrected chi connectivity index (χ2v) is 7.29. The monoisotopic (exact) mass is 275 g/mol. The summed E-state index contributed by atoms with van der Waals surface area (Å²) in [6.07, 6.45) is -0.269.